The number of nitrogens with one attached hydrogen (secondary N) is 1. The van der Waals surface area contributed by atoms with Gasteiger partial charge in [0.25, 0.3) is 0 Å². The highest BCUT2D eigenvalue weighted by molar-refractivity contribution is 5.70. The number of fused-ring (bicyclic) bond motifs is 1. The highest BCUT2D eigenvalue weighted by Crippen LogP contribution is 2.33. The van der Waals surface area contributed by atoms with Gasteiger partial charge in [0.2, 0.25) is 0 Å². The average Bonchev–Trinajstić information content (AvgIpc) is 2.74. The fourth-order valence-corrected chi connectivity index (χ4v) is 2.50. The molecule has 4 nitrogen and oxygen atoms in total. The maximum atomic E-state index is 6.42. The normalized spacial score (nSPS) is 20.1. The number of H-pyrrole nitrogens is 1. The summed E-state index contributed by atoms with van der Waals surface area (Å²) >= 11 is 0. The number of hydrogen-bond donors (Lipinski definition) is 2. The molecule has 1 saturated carbocycles. The van der Waals surface area contributed by atoms with Crippen LogP contribution in [0.1, 0.15) is 37.9 Å². The Morgan fingerprint density at radius 2 is 2.06 bits per heavy atom. The van der Waals surface area contributed by atoms with Crippen LogP contribution < -0.4 is 5.73 Å². The summed E-state index contributed by atoms with van der Waals surface area (Å²) in [5.41, 5.74) is 7.91. The summed E-state index contributed by atoms with van der Waals surface area (Å²) in [6.07, 6.45) is 7.48. The van der Waals surface area contributed by atoms with E-state index in [4.69, 9.17) is 5.73 Å². The van der Waals surface area contributed by atoms with Gasteiger partial charge < -0.3 is 10.7 Å². The number of nitrogens with zero attached hydrogens (tertiary/aromatic N) is 2. The maximum Gasteiger partial charge on any atom is 0.177 e. The molecule has 0 amide bonds. The maximum absolute atomic E-state index is 6.42. The van der Waals surface area contributed by atoms with Gasteiger partial charge in [-0.3, -0.25) is 0 Å². The van der Waals surface area contributed by atoms with Gasteiger partial charge in [0.05, 0.1) is 11.1 Å². The first-order valence-corrected chi connectivity index (χ1v) is 5.88. The first kappa shape index (κ1) is 9.78. The zero-order valence-corrected chi connectivity index (χ0v) is 9.24. The summed E-state index contributed by atoms with van der Waals surface area (Å²) in [5, 5.41) is 0. The van der Waals surface area contributed by atoms with Crippen LogP contribution in [0, 0.1) is 0 Å². The standard InChI is InChI=1S/C12H16N4/c13-12(6-2-1-3-7-12)11-15-9-5-4-8-14-10(9)16-11/h4-5,8H,1-3,6-7,13H2,(H,14,15,16). The van der Waals surface area contributed by atoms with E-state index in [1.165, 1.54) is 19.3 Å². The van der Waals surface area contributed by atoms with E-state index < -0.39 is 0 Å². The van der Waals surface area contributed by atoms with Crippen LogP contribution in [0.3, 0.4) is 0 Å². The molecule has 2 aromatic rings. The smallest absolute Gasteiger partial charge is 0.177 e. The van der Waals surface area contributed by atoms with Gasteiger partial charge in [0.1, 0.15) is 5.82 Å². The van der Waals surface area contributed by atoms with Crippen LogP contribution in [0.4, 0.5) is 0 Å². The van der Waals surface area contributed by atoms with Crippen LogP contribution in [0.25, 0.3) is 11.2 Å². The molecule has 0 unspecified atom stereocenters. The molecule has 0 aliphatic heterocycles. The molecule has 3 N–H and O–H groups in total. The third-order valence-electron chi connectivity index (χ3n) is 3.47. The Morgan fingerprint density at radius 3 is 2.81 bits per heavy atom. The van der Waals surface area contributed by atoms with Gasteiger partial charge in [-0.25, -0.2) is 9.97 Å². The minimum atomic E-state index is -0.265. The summed E-state index contributed by atoms with van der Waals surface area (Å²) in [6, 6.07) is 3.90. The van der Waals surface area contributed by atoms with Crippen molar-refractivity contribution in [3.8, 4) is 0 Å². The highest BCUT2D eigenvalue weighted by Gasteiger charge is 2.32. The van der Waals surface area contributed by atoms with E-state index in [1.807, 2.05) is 12.1 Å². The van der Waals surface area contributed by atoms with Crippen LogP contribution >= 0.6 is 0 Å². The van der Waals surface area contributed by atoms with Crippen LogP contribution in [0.15, 0.2) is 18.3 Å². The topological polar surface area (TPSA) is 67.6 Å². The second kappa shape index (κ2) is 3.56. The second-order valence-corrected chi connectivity index (χ2v) is 4.68. The SMILES string of the molecule is NC1(c2nc3ncccc3[nH]2)CCCCC1. The van der Waals surface area contributed by atoms with E-state index in [2.05, 4.69) is 15.0 Å². The van der Waals surface area contributed by atoms with Crippen molar-refractivity contribution in [2.75, 3.05) is 0 Å². The van der Waals surface area contributed by atoms with Crippen molar-refractivity contribution in [3.05, 3.63) is 24.2 Å². The first-order chi connectivity index (χ1) is 7.78. The van der Waals surface area contributed by atoms with Crippen LogP contribution in [-0.2, 0) is 5.54 Å². The van der Waals surface area contributed by atoms with Gasteiger partial charge in [-0.05, 0) is 25.0 Å². The van der Waals surface area contributed by atoms with Crippen LogP contribution in [-0.4, -0.2) is 15.0 Å². The minimum absolute atomic E-state index is 0.265. The van der Waals surface area contributed by atoms with Crippen LogP contribution in [0.5, 0.6) is 0 Å². The Kier molecular flexibility index (Phi) is 2.17. The van der Waals surface area contributed by atoms with E-state index >= 15 is 0 Å². The van der Waals surface area contributed by atoms with Crippen molar-refractivity contribution in [3.63, 3.8) is 0 Å². The van der Waals surface area contributed by atoms with Gasteiger partial charge in [-0.15, -0.1) is 0 Å². The quantitative estimate of drug-likeness (QED) is 0.766. The van der Waals surface area contributed by atoms with Crippen molar-refractivity contribution in [2.45, 2.75) is 37.6 Å². The monoisotopic (exact) mass is 216 g/mol. The van der Waals surface area contributed by atoms with Gasteiger partial charge in [-0.2, -0.15) is 0 Å². The van der Waals surface area contributed by atoms with Crippen molar-refractivity contribution in [2.24, 2.45) is 5.73 Å². The molecule has 2 heterocycles. The van der Waals surface area contributed by atoms with E-state index in [0.717, 1.165) is 29.8 Å². The van der Waals surface area contributed by atoms with Crippen molar-refractivity contribution >= 4 is 11.2 Å². The number of pyridine rings is 1. The predicted octanol–water partition coefficient (Wildman–Crippen LogP) is 2.08. The summed E-state index contributed by atoms with van der Waals surface area (Å²) in [5.74, 6) is 0.904. The molecule has 0 radical (unpaired) electrons. The molecule has 1 aliphatic rings. The molecule has 1 aliphatic carbocycles. The fraction of sp³-hybridized carbons (Fsp3) is 0.500. The zero-order chi connectivity index (χ0) is 11.0. The molecule has 0 aromatic carbocycles. The second-order valence-electron chi connectivity index (χ2n) is 4.68. The van der Waals surface area contributed by atoms with E-state index in [9.17, 15) is 0 Å². The molecular formula is C12H16N4. The first-order valence-electron chi connectivity index (χ1n) is 5.88. The lowest BCUT2D eigenvalue weighted by Gasteiger charge is -2.31. The Morgan fingerprint density at radius 1 is 1.25 bits per heavy atom. The minimum Gasteiger partial charge on any atom is -0.339 e. The van der Waals surface area contributed by atoms with Gasteiger partial charge in [-0.1, -0.05) is 19.3 Å². The molecule has 16 heavy (non-hydrogen) atoms. The van der Waals surface area contributed by atoms with Gasteiger partial charge >= 0.3 is 0 Å². The molecule has 0 atom stereocenters. The molecule has 2 aromatic heterocycles. The molecule has 4 heteroatoms. The summed E-state index contributed by atoms with van der Waals surface area (Å²) in [6.45, 7) is 0. The molecule has 0 saturated heterocycles. The van der Waals surface area contributed by atoms with Crippen molar-refractivity contribution < 1.29 is 0 Å². The fourth-order valence-electron chi connectivity index (χ4n) is 2.50. The Labute approximate surface area is 94.3 Å². The van der Waals surface area contributed by atoms with Crippen molar-refractivity contribution in [1.29, 1.82) is 0 Å². The number of aromatic amines is 1. The number of nitrogens with two attached hydrogens (primary N) is 1. The molecule has 0 bridgehead atoms. The largest absolute Gasteiger partial charge is 0.339 e. The highest BCUT2D eigenvalue weighted by atomic mass is 15.0. The Hall–Kier alpha value is -1.42. The molecular weight excluding hydrogens is 200 g/mol. The van der Waals surface area contributed by atoms with Gasteiger partial charge in [0.15, 0.2) is 5.65 Å². The number of hydrogen-bond acceptors (Lipinski definition) is 3. The Bertz CT molecular complexity index is 463. The number of imidazole rings is 1. The predicted molar refractivity (Wildman–Crippen MR) is 62.8 cm³/mol. The van der Waals surface area contributed by atoms with Crippen molar-refractivity contribution in [1.82, 2.24) is 15.0 Å². The third kappa shape index (κ3) is 1.50. The lowest BCUT2D eigenvalue weighted by Crippen LogP contribution is -2.39. The Balaban J connectivity index is 2.04. The molecule has 84 valence electrons. The molecule has 0 spiro atoms. The number of rotatable bonds is 1. The third-order valence-corrected chi connectivity index (χ3v) is 3.47. The summed E-state index contributed by atoms with van der Waals surface area (Å²) in [4.78, 5) is 12.1. The summed E-state index contributed by atoms with van der Waals surface area (Å²) in [7, 11) is 0. The van der Waals surface area contributed by atoms with E-state index in [1.54, 1.807) is 6.20 Å². The molecule has 1 fully saturated rings. The average molecular weight is 216 g/mol. The van der Waals surface area contributed by atoms with E-state index in [0.29, 0.717) is 0 Å². The lowest BCUT2D eigenvalue weighted by molar-refractivity contribution is 0.289. The lowest BCUT2D eigenvalue weighted by atomic mass is 9.82. The van der Waals surface area contributed by atoms with E-state index in [-0.39, 0.29) is 5.54 Å². The zero-order valence-electron chi connectivity index (χ0n) is 9.24. The van der Waals surface area contributed by atoms with Gasteiger partial charge in [0, 0.05) is 6.20 Å². The van der Waals surface area contributed by atoms with Crippen LogP contribution in [0.2, 0.25) is 0 Å². The number of aromatic nitrogens is 3. The molecule has 3 rings (SSSR count). The summed E-state index contributed by atoms with van der Waals surface area (Å²) < 4.78 is 0.